The lowest BCUT2D eigenvalue weighted by Crippen LogP contribution is -2.10. The van der Waals surface area contributed by atoms with Crippen molar-refractivity contribution in [2.45, 2.75) is 26.2 Å². The molecule has 0 aliphatic heterocycles. The Morgan fingerprint density at radius 2 is 2.00 bits per heavy atom. The molecule has 2 rings (SSSR count). The van der Waals surface area contributed by atoms with Crippen molar-refractivity contribution in [3.05, 3.63) is 41.6 Å². The fraction of sp³-hybridized carbons (Fsp3) is 0.400. The van der Waals surface area contributed by atoms with Crippen LogP contribution in [0.25, 0.3) is 0 Å². The van der Waals surface area contributed by atoms with Crippen LogP contribution in [-0.2, 0) is 7.05 Å². The number of anilines is 2. The van der Waals surface area contributed by atoms with E-state index in [2.05, 4.69) is 41.6 Å². The van der Waals surface area contributed by atoms with Crippen LogP contribution < -0.4 is 11.1 Å². The number of hydrogen-bond acceptors (Lipinski definition) is 3. The van der Waals surface area contributed by atoms with Gasteiger partial charge >= 0.3 is 0 Å². The van der Waals surface area contributed by atoms with Gasteiger partial charge in [-0.2, -0.15) is 5.10 Å². The molecule has 1 aromatic carbocycles. The molecule has 19 heavy (non-hydrogen) atoms. The molecule has 3 N–H and O–H groups in total. The highest BCUT2D eigenvalue weighted by atomic mass is 15.3. The van der Waals surface area contributed by atoms with Crippen LogP contribution in [0.5, 0.6) is 0 Å². The van der Waals surface area contributed by atoms with Gasteiger partial charge in [-0.3, -0.25) is 4.68 Å². The van der Waals surface area contributed by atoms with Crippen molar-refractivity contribution >= 4 is 11.5 Å². The Morgan fingerprint density at radius 1 is 1.32 bits per heavy atom. The number of aryl methyl sites for hydroxylation is 2. The lowest BCUT2D eigenvalue weighted by molar-refractivity contribution is 0.695. The third-order valence-electron chi connectivity index (χ3n) is 3.51. The van der Waals surface area contributed by atoms with E-state index in [4.69, 9.17) is 5.73 Å². The molecule has 0 radical (unpaired) electrons. The van der Waals surface area contributed by atoms with E-state index in [0.29, 0.717) is 5.92 Å². The number of hydrogen-bond donors (Lipinski definition) is 2. The minimum atomic E-state index is 0.532. The van der Waals surface area contributed by atoms with Crippen LogP contribution in [0.3, 0.4) is 0 Å². The number of nitrogens with one attached hydrogen (secondary N) is 1. The van der Waals surface area contributed by atoms with Crippen LogP contribution in [0.2, 0.25) is 0 Å². The zero-order chi connectivity index (χ0) is 13.8. The van der Waals surface area contributed by atoms with Gasteiger partial charge in [0.1, 0.15) is 5.82 Å². The fourth-order valence-electron chi connectivity index (χ4n) is 2.24. The summed E-state index contributed by atoms with van der Waals surface area (Å²) in [5.74, 6) is 1.45. The minimum Gasteiger partial charge on any atom is -0.394 e. The molecule has 1 atom stereocenters. The second-order valence-electron chi connectivity index (χ2n) is 5.00. The van der Waals surface area contributed by atoms with Gasteiger partial charge in [0.15, 0.2) is 0 Å². The SMILES string of the molecule is Cc1nn(C)c(NCCC(C)c2ccccc2)c1N. The van der Waals surface area contributed by atoms with E-state index in [0.717, 1.165) is 30.2 Å². The Bertz CT molecular complexity index is 531. The highest BCUT2D eigenvalue weighted by molar-refractivity contribution is 5.64. The fourth-order valence-corrected chi connectivity index (χ4v) is 2.24. The van der Waals surface area contributed by atoms with Gasteiger partial charge in [0, 0.05) is 13.6 Å². The van der Waals surface area contributed by atoms with Crippen molar-refractivity contribution in [3.63, 3.8) is 0 Å². The zero-order valence-electron chi connectivity index (χ0n) is 11.9. The Labute approximate surface area is 114 Å². The predicted octanol–water partition coefficient (Wildman–Crippen LogP) is 2.92. The highest BCUT2D eigenvalue weighted by Gasteiger charge is 2.10. The molecule has 102 valence electrons. The van der Waals surface area contributed by atoms with E-state index in [-0.39, 0.29) is 0 Å². The van der Waals surface area contributed by atoms with Crippen LogP contribution in [0.15, 0.2) is 30.3 Å². The van der Waals surface area contributed by atoms with Gasteiger partial charge in [0.05, 0.1) is 11.4 Å². The first-order valence-corrected chi connectivity index (χ1v) is 6.67. The molecular formula is C15H22N4. The topological polar surface area (TPSA) is 55.9 Å². The summed E-state index contributed by atoms with van der Waals surface area (Å²) in [7, 11) is 1.91. The summed E-state index contributed by atoms with van der Waals surface area (Å²) in [6.07, 6.45) is 1.06. The van der Waals surface area contributed by atoms with Gasteiger partial charge in [-0.1, -0.05) is 37.3 Å². The second-order valence-corrected chi connectivity index (χ2v) is 5.00. The Hall–Kier alpha value is -1.97. The van der Waals surface area contributed by atoms with Crippen molar-refractivity contribution in [2.24, 2.45) is 7.05 Å². The molecule has 0 aliphatic carbocycles. The lowest BCUT2D eigenvalue weighted by Gasteiger charge is -2.13. The number of nitrogens with two attached hydrogens (primary N) is 1. The summed E-state index contributed by atoms with van der Waals surface area (Å²) in [4.78, 5) is 0. The molecule has 0 saturated heterocycles. The summed E-state index contributed by atoms with van der Waals surface area (Å²) in [5, 5.41) is 7.67. The predicted molar refractivity (Wildman–Crippen MR) is 80.3 cm³/mol. The maximum atomic E-state index is 5.99. The molecule has 0 saturated carbocycles. The summed E-state index contributed by atoms with van der Waals surface area (Å²) < 4.78 is 1.80. The molecular weight excluding hydrogens is 236 g/mol. The number of aromatic nitrogens is 2. The van der Waals surface area contributed by atoms with Gasteiger partial charge in [0.25, 0.3) is 0 Å². The molecule has 0 aliphatic rings. The summed E-state index contributed by atoms with van der Waals surface area (Å²) in [6, 6.07) is 10.6. The van der Waals surface area contributed by atoms with Crippen LogP contribution in [-0.4, -0.2) is 16.3 Å². The third-order valence-corrected chi connectivity index (χ3v) is 3.51. The van der Waals surface area contributed by atoms with E-state index in [1.54, 1.807) is 4.68 Å². The van der Waals surface area contributed by atoms with E-state index < -0.39 is 0 Å². The average molecular weight is 258 g/mol. The Balaban J connectivity index is 1.90. The number of nitrogen functional groups attached to an aromatic ring is 1. The first kappa shape index (κ1) is 13.5. The summed E-state index contributed by atoms with van der Waals surface area (Å²) in [6.45, 7) is 5.06. The van der Waals surface area contributed by atoms with Crippen molar-refractivity contribution in [1.29, 1.82) is 0 Å². The van der Waals surface area contributed by atoms with E-state index in [1.807, 2.05) is 20.0 Å². The average Bonchev–Trinajstić information content (AvgIpc) is 2.66. The Morgan fingerprint density at radius 3 is 2.58 bits per heavy atom. The standard InChI is InChI=1S/C15H22N4/c1-11(13-7-5-4-6-8-13)9-10-17-15-14(16)12(2)18-19(15)3/h4-8,11,17H,9-10,16H2,1-3H3. The van der Waals surface area contributed by atoms with E-state index in [1.165, 1.54) is 5.56 Å². The molecule has 1 unspecified atom stereocenters. The first-order chi connectivity index (χ1) is 9.09. The van der Waals surface area contributed by atoms with Gasteiger partial charge in [-0.15, -0.1) is 0 Å². The van der Waals surface area contributed by atoms with E-state index in [9.17, 15) is 0 Å². The van der Waals surface area contributed by atoms with Crippen molar-refractivity contribution in [2.75, 3.05) is 17.6 Å². The monoisotopic (exact) mass is 258 g/mol. The second kappa shape index (κ2) is 5.78. The van der Waals surface area contributed by atoms with Crippen molar-refractivity contribution in [1.82, 2.24) is 9.78 Å². The quantitative estimate of drug-likeness (QED) is 0.867. The third kappa shape index (κ3) is 3.08. The molecule has 1 heterocycles. The Kier molecular flexibility index (Phi) is 4.10. The van der Waals surface area contributed by atoms with Crippen molar-refractivity contribution < 1.29 is 0 Å². The summed E-state index contributed by atoms with van der Waals surface area (Å²) >= 11 is 0. The minimum absolute atomic E-state index is 0.532. The van der Waals surface area contributed by atoms with Gasteiger partial charge in [-0.05, 0) is 24.8 Å². The molecule has 1 aromatic heterocycles. The molecule has 2 aromatic rings. The molecule has 0 spiro atoms. The smallest absolute Gasteiger partial charge is 0.147 e. The largest absolute Gasteiger partial charge is 0.394 e. The van der Waals surface area contributed by atoms with Crippen LogP contribution in [0.1, 0.15) is 30.5 Å². The normalized spacial score (nSPS) is 12.4. The summed E-state index contributed by atoms with van der Waals surface area (Å²) in [5.41, 5.74) is 8.98. The molecule has 0 bridgehead atoms. The molecule has 0 amide bonds. The van der Waals surface area contributed by atoms with Gasteiger partial charge in [-0.25, -0.2) is 0 Å². The number of benzene rings is 1. The van der Waals surface area contributed by atoms with E-state index >= 15 is 0 Å². The highest BCUT2D eigenvalue weighted by Crippen LogP contribution is 2.22. The molecule has 4 nitrogen and oxygen atoms in total. The van der Waals surface area contributed by atoms with Crippen molar-refractivity contribution in [3.8, 4) is 0 Å². The van der Waals surface area contributed by atoms with Gasteiger partial charge in [0.2, 0.25) is 0 Å². The van der Waals surface area contributed by atoms with Crippen LogP contribution in [0.4, 0.5) is 11.5 Å². The maximum Gasteiger partial charge on any atom is 0.147 e. The zero-order valence-corrected chi connectivity index (χ0v) is 11.9. The van der Waals surface area contributed by atoms with Crippen LogP contribution >= 0.6 is 0 Å². The number of nitrogens with zero attached hydrogens (tertiary/aromatic N) is 2. The maximum absolute atomic E-state index is 5.99. The van der Waals surface area contributed by atoms with Gasteiger partial charge < -0.3 is 11.1 Å². The molecule has 4 heteroatoms. The van der Waals surface area contributed by atoms with Crippen LogP contribution in [0, 0.1) is 6.92 Å². The first-order valence-electron chi connectivity index (χ1n) is 6.67. The lowest BCUT2D eigenvalue weighted by atomic mass is 9.98. The number of rotatable bonds is 5. The molecule has 0 fully saturated rings.